The van der Waals surface area contributed by atoms with Crippen molar-refractivity contribution >= 4 is 17.2 Å². The smallest absolute Gasteiger partial charge is 0.259 e. The fourth-order valence-electron chi connectivity index (χ4n) is 3.66. The summed E-state index contributed by atoms with van der Waals surface area (Å²) in [7, 11) is 0. The molecular formula is C21H24F2N4OS. The van der Waals surface area contributed by atoms with Crippen molar-refractivity contribution in [3.8, 4) is 10.4 Å². The highest BCUT2D eigenvalue weighted by Gasteiger charge is 2.27. The van der Waals surface area contributed by atoms with Crippen molar-refractivity contribution in [1.29, 1.82) is 0 Å². The third-order valence-electron chi connectivity index (χ3n) is 5.04. The van der Waals surface area contributed by atoms with Gasteiger partial charge in [-0.05, 0) is 55.1 Å². The van der Waals surface area contributed by atoms with Crippen LogP contribution in [0.4, 0.5) is 8.78 Å². The van der Waals surface area contributed by atoms with E-state index in [0.29, 0.717) is 16.9 Å². The summed E-state index contributed by atoms with van der Waals surface area (Å²) >= 11 is 1.33. The molecule has 0 aliphatic rings. The standard InChI is InChI=1S/C21H24F2N4OS/c1-3-4-17-14(10-26-27-17)19-11(2)18(20(29-19)21(25)28)13(9-24)7-12-5-6-15(22)16(23)8-12/h5-6,8,10,13H,3-4,7,9,24H2,1-2H3,(H2,25,28)(H,26,27)/t13-/m1/s1. The topological polar surface area (TPSA) is 97.8 Å². The van der Waals surface area contributed by atoms with Crippen LogP contribution in [0, 0.1) is 18.6 Å². The first-order chi connectivity index (χ1) is 13.9. The molecule has 0 unspecified atom stereocenters. The van der Waals surface area contributed by atoms with E-state index in [2.05, 4.69) is 17.1 Å². The van der Waals surface area contributed by atoms with Crippen LogP contribution < -0.4 is 11.5 Å². The zero-order chi connectivity index (χ0) is 21.1. The molecule has 5 N–H and O–H groups in total. The number of aryl methyl sites for hydroxylation is 1. The first-order valence-electron chi connectivity index (χ1n) is 9.47. The van der Waals surface area contributed by atoms with E-state index in [1.165, 1.54) is 23.5 Å². The van der Waals surface area contributed by atoms with Gasteiger partial charge in [0, 0.05) is 22.1 Å². The summed E-state index contributed by atoms with van der Waals surface area (Å²) < 4.78 is 26.9. The predicted molar refractivity (Wildman–Crippen MR) is 111 cm³/mol. The number of aromatic nitrogens is 2. The predicted octanol–water partition coefficient (Wildman–Crippen LogP) is 4.06. The lowest BCUT2D eigenvalue weighted by atomic mass is 9.88. The Morgan fingerprint density at radius 1 is 1.31 bits per heavy atom. The number of carbonyl (C=O) groups is 1. The first kappa shape index (κ1) is 21.1. The van der Waals surface area contributed by atoms with Crippen LogP contribution in [0.5, 0.6) is 0 Å². The van der Waals surface area contributed by atoms with Gasteiger partial charge in [-0.15, -0.1) is 11.3 Å². The molecule has 29 heavy (non-hydrogen) atoms. The lowest BCUT2D eigenvalue weighted by Crippen LogP contribution is -2.20. The third-order valence-corrected chi connectivity index (χ3v) is 6.39. The molecule has 3 rings (SSSR count). The molecule has 0 spiro atoms. The first-order valence-corrected chi connectivity index (χ1v) is 10.3. The number of aromatic amines is 1. The molecule has 0 aliphatic carbocycles. The molecule has 0 radical (unpaired) electrons. The van der Waals surface area contributed by atoms with Gasteiger partial charge in [0.05, 0.1) is 11.1 Å². The van der Waals surface area contributed by atoms with Gasteiger partial charge in [0.1, 0.15) is 0 Å². The van der Waals surface area contributed by atoms with Crippen molar-refractivity contribution in [3.05, 3.63) is 63.3 Å². The van der Waals surface area contributed by atoms with Gasteiger partial charge in [-0.25, -0.2) is 8.78 Å². The number of amides is 1. The Kier molecular flexibility index (Phi) is 6.44. The van der Waals surface area contributed by atoms with Crippen LogP contribution >= 0.6 is 11.3 Å². The molecule has 2 heterocycles. The van der Waals surface area contributed by atoms with Gasteiger partial charge in [-0.1, -0.05) is 19.4 Å². The average Bonchev–Trinajstić information content (AvgIpc) is 3.27. The number of thiophene rings is 1. The summed E-state index contributed by atoms with van der Waals surface area (Å²) in [5.41, 5.74) is 16.0. The summed E-state index contributed by atoms with van der Waals surface area (Å²) in [6.45, 7) is 4.26. The maximum absolute atomic E-state index is 13.6. The van der Waals surface area contributed by atoms with E-state index in [9.17, 15) is 13.6 Å². The second-order valence-corrected chi connectivity index (χ2v) is 8.08. The Hall–Kier alpha value is -2.58. The molecule has 1 atom stereocenters. The monoisotopic (exact) mass is 418 g/mol. The molecule has 1 aromatic carbocycles. The molecule has 154 valence electrons. The van der Waals surface area contributed by atoms with E-state index < -0.39 is 17.5 Å². The van der Waals surface area contributed by atoms with E-state index in [1.54, 1.807) is 6.20 Å². The van der Waals surface area contributed by atoms with Crippen LogP contribution in [0.15, 0.2) is 24.4 Å². The maximum Gasteiger partial charge on any atom is 0.259 e. The highest BCUT2D eigenvalue weighted by Crippen LogP contribution is 2.41. The molecule has 5 nitrogen and oxygen atoms in total. The minimum atomic E-state index is -0.904. The van der Waals surface area contributed by atoms with E-state index in [4.69, 9.17) is 11.5 Å². The van der Waals surface area contributed by atoms with E-state index in [0.717, 1.165) is 46.2 Å². The van der Waals surface area contributed by atoms with Gasteiger partial charge in [-0.3, -0.25) is 9.89 Å². The van der Waals surface area contributed by atoms with Crippen LogP contribution in [-0.2, 0) is 12.8 Å². The number of primary amides is 1. The van der Waals surface area contributed by atoms with Crippen molar-refractivity contribution in [2.24, 2.45) is 11.5 Å². The molecule has 2 aromatic heterocycles. The van der Waals surface area contributed by atoms with E-state index >= 15 is 0 Å². The zero-order valence-electron chi connectivity index (χ0n) is 16.4. The number of hydrogen-bond donors (Lipinski definition) is 3. The van der Waals surface area contributed by atoms with E-state index in [-0.39, 0.29) is 12.5 Å². The Balaban J connectivity index is 2.06. The van der Waals surface area contributed by atoms with E-state index in [1.807, 2.05) is 6.92 Å². The SMILES string of the molecule is CCCc1[nH]ncc1-c1sc(C(N)=O)c([C@@H](CN)Cc2ccc(F)c(F)c2)c1C. The van der Waals surface area contributed by atoms with Crippen molar-refractivity contribution in [2.75, 3.05) is 6.54 Å². The highest BCUT2D eigenvalue weighted by atomic mass is 32.1. The number of nitrogens with one attached hydrogen (secondary N) is 1. The van der Waals surface area contributed by atoms with Crippen molar-refractivity contribution in [1.82, 2.24) is 10.2 Å². The van der Waals surface area contributed by atoms with Crippen LogP contribution in [-0.4, -0.2) is 22.6 Å². The number of rotatable bonds is 8. The number of H-pyrrole nitrogens is 1. The normalized spacial score (nSPS) is 12.3. The zero-order valence-corrected chi connectivity index (χ0v) is 17.2. The number of carbonyl (C=O) groups excluding carboxylic acids is 1. The number of halogens is 2. The lowest BCUT2D eigenvalue weighted by molar-refractivity contribution is 0.100. The molecule has 0 aliphatic heterocycles. The molecule has 0 fully saturated rings. The minimum Gasteiger partial charge on any atom is -0.365 e. The Labute approximate surface area is 172 Å². The Morgan fingerprint density at radius 2 is 2.07 bits per heavy atom. The molecule has 1 amide bonds. The van der Waals surface area contributed by atoms with Crippen LogP contribution in [0.3, 0.4) is 0 Å². The molecule has 0 saturated heterocycles. The summed E-state index contributed by atoms with van der Waals surface area (Å²) in [6.07, 6.45) is 3.92. The van der Waals surface area contributed by atoms with Gasteiger partial charge in [-0.2, -0.15) is 5.10 Å². The number of nitrogens with zero attached hydrogens (tertiary/aromatic N) is 1. The second-order valence-electron chi connectivity index (χ2n) is 7.06. The van der Waals surface area contributed by atoms with Gasteiger partial charge in [0.2, 0.25) is 0 Å². The summed E-state index contributed by atoms with van der Waals surface area (Å²) in [4.78, 5) is 13.6. The fraction of sp³-hybridized carbons (Fsp3) is 0.333. The second kappa shape index (κ2) is 8.84. The minimum absolute atomic E-state index is 0.240. The summed E-state index contributed by atoms with van der Waals surface area (Å²) in [6, 6.07) is 3.80. The van der Waals surface area contributed by atoms with Crippen molar-refractivity contribution in [2.45, 2.75) is 39.0 Å². The van der Waals surface area contributed by atoms with Crippen LogP contribution in [0.1, 0.15) is 51.3 Å². The van der Waals surface area contributed by atoms with Gasteiger partial charge in [0.25, 0.3) is 5.91 Å². The van der Waals surface area contributed by atoms with Gasteiger partial charge >= 0.3 is 0 Å². The van der Waals surface area contributed by atoms with Crippen LogP contribution in [0.25, 0.3) is 10.4 Å². The molecule has 3 aromatic rings. The third kappa shape index (κ3) is 4.23. The van der Waals surface area contributed by atoms with Gasteiger partial charge in [0.15, 0.2) is 11.6 Å². The highest BCUT2D eigenvalue weighted by molar-refractivity contribution is 7.17. The Bertz CT molecular complexity index is 1030. The number of hydrogen-bond acceptors (Lipinski definition) is 4. The lowest BCUT2D eigenvalue weighted by Gasteiger charge is -2.17. The van der Waals surface area contributed by atoms with Crippen molar-refractivity contribution < 1.29 is 13.6 Å². The summed E-state index contributed by atoms with van der Waals surface area (Å²) in [5, 5.41) is 7.18. The molecule has 0 bridgehead atoms. The number of nitrogens with two attached hydrogens (primary N) is 2. The Morgan fingerprint density at radius 3 is 2.69 bits per heavy atom. The number of benzene rings is 1. The molecule has 8 heteroatoms. The molecule has 0 saturated carbocycles. The van der Waals surface area contributed by atoms with Crippen molar-refractivity contribution in [3.63, 3.8) is 0 Å². The van der Waals surface area contributed by atoms with Gasteiger partial charge < -0.3 is 11.5 Å². The fourth-order valence-corrected chi connectivity index (χ4v) is 4.94. The maximum atomic E-state index is 13.6. The quantitative estimate of drug-likeness (QED) is 0.514. The molecular weight excluding hydrogens is 394 g/mol. The summed E-state index contributed by atoms with van der Waals surface area (Å²) in [5.74, 6) is -2.58. The van der Waals surface area contributed by atoms with Crippen LogP contribution in [0.2, 0.25) is 0 Å². The largest absolute Gasteiger partial charge is 0.365 e. The average molecular weight is 419 g/mol.